The average molecular weight is 311 g/mol. The van der Waals surface area contributed by atoms with Gasteiger partial charge >= 0.3 is 0 Å². The number of anilines is 1. The zero-order valence-corrected chi connectivity index (χ0v) is 13.5. The summed E-state index contributed by atoms with van der Waals surface area (Å²) in [7, 11) is 0. The lowest BCUT2D eigenvalue weighted by Crippen LogP contribution is -2.23. The number of phenols is 1. The second-order valence-corrected chi connectivity index (χ2v) is 6.72. The van der Waals surface area contributed by atoms with E-state index in [1.165, 1.54) is 0 Å². The molecule has 2 saturated heterocycles. The van der Waals surface area contributed by atoms with Crippen molar-refractivity contribution in [3.05, 3.63) is 35.4 Å². The van der Waals surface area contributed by atoms with Crippen LogP contribution < -0.4 is 4.90 Å². The van der Waals surface area contributed by atoms with Gasteiger partial charge in [0.25, 0.3) is 0 Å². The van der Waals surface area contributed by atoms with E-state index in [9.17, 15) is 5.11 Å². The smallest absolute Gasteiger partial charge is 0.151 e. The maximum absolute atomic E-state index is 10.2. The Kier molecular flexibility index (Phi) is 3.45. The summed E-state index contributed by atoms with van der Waals surface area (Å²) < 4.78 is 5.52. The number of benzene rings is 1. The lowest BCUT2D eigenvalue weighted by atomic mass is 10.0. The highest BCUT2D eigenvalue weighted by molar-refractivity contribution is 5.71. The molecular weight excluding hydrogens is 290 g/mol. The van der Waals surface area contributed by atoms with Gasteiger partial charge in [-0.1, -0.05) is 6.07 Å². The first-order valence-corrected chi connectivity index (χ1v) is 8.09. The molecule has 0 saturated carbocycles. The molecule has 2 fully saturated rings. The van der Waals surface area contributed by atoms with Gasteiger partial charge in [-0.3, -0.25) is 0 Å². The van der Waals surface area contributed by atoms with E-state index in [-0.39, 0.29) is 5.75 Å². The van der Waals surface area contributed by atoms with Crippen molar-refractivity contribution in [1.29, 1.82) is 0 Å². The Bertz CT molecular complexity index is 695. The van der Waals surface area contributed by atoms with Crippen LogP contribution in [-0.4, -0.2) is 41.6 Å². The molecule has 5 nitrogen and oxygen atoms in total. The lowest BCUT2D eigenvalue weighted by molar-refractivity contribution is 0.177. The SMILES string of the molecule is Cc1cc(C)c(-c2ccc(N3C[C@@H]4COC[C@H]4C3)nn2)c(O)c1. The summed E-state index contributed by atoms with van der Waals surface area (Å²) in [6.07, 6.45) is 0. The molecular formula is C18H21N3O2. The standard InChI is InChI=1S/C18H21N3O2/c1-11-5-12(2)18(16(22)6-11)15-3-4-17(20-19-15)21-7-13-9-23-10-14(13)8-21/h3-6,13-14,22H,7-10H2,1-2H3/t13-,14-/m1/s1. The van der Waals surface area contributed by atoms with Gasteiger partial charge in [0.15, 0.2) is 5.82 Å². The highest BCUT2D eigenvalue weighted by atomic mass is 16.5. The molecule has 1 aromatic carbocycles. The van der Waals surface area contributed by atoms with Crippen LogP contribution in [0.4, 0.5) is 5.82 Å². The number of fused-ring (bicyclic) bond motifs is 1. The van der Waals surface area contributed by atoms with E-state index in [0.29, 0.717) is 17.5 Å². The first kappa shape index (κ1) is 14.5. The van der Waals surface area contributed by atoms with Gasteiger partial charge in [0.05, 0.1) is 18.9 Å². The summed E-state index contributed by atoms with van der Waals surface area (Å²) in [6, 6.07) is 7.76. The van der Waals surface area contributed by atoms with E-state index in [1.807, 2.05) is 32.0 Å². The Morgan fingerprint density at radius 1 is 1.09 bits per heavy atom. The minimum atomic E-state index is 0.261. The quantitative estimate of drug-likeness (QED) is 0.923. The third kappa shape index (κ3) is 2.55. The highest BCUT2D eigenvalue weighted by Crippen LogP contribution is 2.34. The Balaban J connectivity index is 1.59. The molecule has 0 aliphatic carbocycles. The lowest BCUT2D eigenvalue weighted by Gasteiger charge is -2.18. The molecule has 0 bridgehead atoms. The Morgan fingerprint density at radius 2 is 1.83 bits per heavy atom. The van der Waals surface area contributed by atoms with Gasteiger partial charge in [0.1, 0.15) is 5.75 Å². The number of hydrogen-bond donors (Lipinski definition) is 1. The van der Waals surface area contributed by atoms with Crippen LogP contribution in [0.3, 0.4) is 0 Å². The number of aromatic hydroxyl groups is 1. The molecule has 0 amide bonds. The molecule has 2 aromatic rings. The van der Waals surface area contributed by atoms with Gasteiger partial charge in [-0.05, 0) is 43.2 Å². The Hall–Kier alpha value is -2.14. The van der Waals surface area contributed by atoms with E-state index in [1.54, 1.807) is 6.07 Å². The minimum Gasteiger partial charge on any atom is -0.507 e. The second-order valence-electron chi connectivity index (χ2n) is 6.72. The number of hydrogen-bond acceptors (Lipinski definition) is 5. The first-order valence-electron chi connectivity index (χ1n) is 8.09. The van der Waals surface area contributed by atoms with Gasteiger partial charge in [0.2, 0.25) is 0 Å². The number of aryl methyl sites for hydroxylation is 2. The van der Waals surface area contributed by atoms with Gasteiger partial charge < -0.3 is 14.7 Å². The Labute approximate surface area is 135 Å². The van der Waals surface area contributed by atoms with Gasteiger partial charge in [-0.15, -0.1) is 10.2 Å². The van der Waals surface area contributed by atoms with Crippen LogP contribution in [0.25, 0.3) is 11.3 Å². The molecule has 2 atom stereocenters. The predicted octanol–water partition coefficient (Wildman–Crippen LogP) is 2.55. The van der Waals surface area contributed by atoms with Crippen molar-refractivity contribution in [3.63, 3.8) is 0 Å². The van der Waals surface area contributed by atoms with Crippen molar-refractivity contribution < 1.29 is 9.84 Å². The fourth-order valence-corrected chi connectivity index (χ4v) is 3.78. The zero-order chi connectivity index (χ0) is 16.0. The van der Waals surface area contributed by atoms with Crippen LogP contribution in [0.1, 0.15) is 11.1 Å². The number of phenolic OH excluding ortho intramolecular Hbond substituents is 1. The minimum absolute atomic E-state index is 0.261. The molecule has 3 heterocycles. The fourth-order valence-electron chi connectivity index (χ4n) is 3.78. The average Bonchev–Trinajstić information content (AvgIpc) is 3.08. The molecule has 2 aliphatic heterocycles. The first-order chi connectivity index (χ1) is 11.1. The van der Waals surface area contributed by atoms with Gasteiger partial charge in [0, 0.05) is 30.5 Å². The molecule has 0 radical (unpaired) electrons. The van der Waals surface area contributed by atoms with Gasteiger partial charge in [-0.25, -0.2) is 0 Å². The molecule has 1 aromatic heterocycles. The highest BCUT2D eigenvalue weighted by Gasteiger charge is 2.37. The van der Waals surface area contributed by atoms with E-state index in [0.717, 1.165) is 48.8 Å². The van der Waals surface area contributed by atoms with E-state index in [4.69, 9.17) is 4.74 Å². The third-order valence-corrected chi connectivity index (χ3v) is 4.93. The Morgan fingerprint density at radius 3 is 2.43 bits per heavy atom. The number of ether oxygens (including phenoxy) is 1. The van der Waals surface area contributed by atoms with E-state index < -0.39 is 0 Å². The summed E-state index contributed by atoms with van der Waals surface area (Å²) in [4.78, 5) is 2.29. The number of nitrogens with zero attached hydrogens (tertiary/aromatic N) is 3. The summed E-state index contributed by atoms with van der Waals surface area (Å²) in [5.41, 5.74) is 3.53. The molecule has 120 valence electrons. The normalized spacial score (nSPS) is 23.3. The van der Waals surface area contributed by atoms with Crippen LogP contribution in [0, 0.1) is 25.7 Å². The topological polar surface area (TPSA) is 58.5 Å². The monoisotopic (exact) mass is 311 g/mol. The largest absolute Gasteiger partial charge is 0.507 e. The molecule has 23 heavy (non-hydrogen) atoms. The van der Waals surface area contributed by atoms with Crippen molar-refractivity contribution in [2.24, 2.45) is 11.8 Å². The number of rotatable bonds is 2. The van der Waals surface area contributed by atoms with Gasteiger partial charge in [-0.2, -0.15) is 0 Å². The number of aromatic nitrogens is 2. The maximum atomic E-state index is 10.2. The van der Waals surface area contributed by atoms with Crippen molar-refractivity contribution in [1.82, 2.24) is 10.2 Å². The van der Waals surface area contributed by atoms with Crippen molar-refractivity contribution in [3.8, 4) is 17.0 Å². The molecule has 0 unspecified atom stereocenters. The summed E-state index contributed by atoms with van der Waals surface area (Å²) >= 11 is 0. The fraction of sp³-hybridized carbons (Fsp3) is 0.444. The van der Waals surface area contributed by atoms with Crippen molar-refractivity contribution >= 4 is 5.82 Å². The van der Waals surface area contributed by atoms with Crippen LogP contribution in [0.2, 0.25) is 0 Å². The van der Waals surface area contributed by atoms with Crippen molar-refractivity contribution in [2.75, 3.05) is 31.2 Å². The van der Waals surface area contributed by atoms with E-state index >= 15 is 0 Å². The molecule has 0 spiro atoms. The van der Waals surface area contributed by atoms with Crippen LogP contribution in [-0.2, 0) is 4.74 Å². The molecule has 4 rings (SSSR count). The zero-order valence-electron chi connectivity index (χ0n) is 13.5. The molecule has 1 N–H and O–H groups in total. The summed E-state index contributed by atoms with van der Waals surface area (Å²) in [6.45, 7) is 7.67. The second kappa shape index (κ2) is 5.49. The molecule has 5 heteroatoms. The van der Waals surface area contributed by atoms with Crippen LogP contribution >= 0.6 is 0 Å². The molecule has 2 aliphatic rings. The summed E-state index contributed by atoms with van der Waals surface area (Å²) in [5.74, 6) is 2.42. The van der Waals surface area contributed by atoms with Crippen LogP contribution in [0.15, 0.2) is 24.3 Å². The summed E-state index contributed by atoms with van der Waals surface area (Å²) in [5, 5.41) is 19.0. The maximum Gasteiger partial charge on any atom is 0.151 e. The third-order valence-electron chi connectivity index (χ3n) is 4.93. The van der Waals surface area contributed by atoms with Crippen molar-refractivity contribution in [2.45, 2.75) is 13.8 Å². The predicted molar refractivity (Wildman–Crippen MR) is 88.6 cm³/mol. The van der Waals surface area contributed by atoms with Crippen LogP contribution in [0.5, 0.6) is 5.75 Å². The van der Waals surface area contributed by atoms with E-state index in [2.05, 4.69) is 15.1 Å².